The highest BCUT2D eigenvalue weighted by Crippen LogP contribution is 2.22. The van der Waals surface area contributed by atoms with Gasteiger partial charge in [0.2, 0.25) is 15.9 Å². The fraction of sp³-hybridized carbons (Fsp3) is 0.417. The fourth-order valence-corrected chi connectivity index (χ4v) is 4.92. The number of piperazine rings is 1. The number of hydrogen-bond donors (Lipinski definition) is 2. The summed E-state index contributed by atoms with van der Waals surface area (Å²) in [5.74, 6) is -2.18. The van der Waals surface area contributed by atoms with Gasteiger partial charge in [0, 0.05) is 45.7 Å². The number of ether oxygens (including phenoxy) is 1. The second kappa shape index (κ2) is 13.4. The van der Waals surface area contributed by atoms with Gasteiger partial charge in [-0.15, -0.1) is 0 Å². The third-order valence-corrected chi connectivity index (χ3v) is 7.29. The third-order valence-electron chi connectivity index (χ3n) is 5.43. The van der Waals surface area contributed by atoms with E-state index in [4.69, 9.17) is 14.6 Å². The van der Waals surface area contributed by atoms with E-state index < -0.39 is 22.2 Å². The van der Waals surface area contributed by atoms with Crippen LogP contribution in [0.4, 0.5) is 13.2 Å². The Labute approximate surface area is 213 Å². The molecule has 0 bridgehead atoms. The van der Waals surface area contributed by atoms with Crippen molar-refractivity contribution in [2.75, 3.05) is 39.8 Å². The number of hydrogen-bond acceptors (Lipinski definition) is 6. The van der Waals surface area contributed by atoms with Gasteiger partial charge in [0.05, 0.1) is 12.0 Å². The molecule has 1 aliphatic heterocycles. The van der Waals surface area contributed by atoms with Crippen LogP contribution in [0.3, 0.4) is 0 Å². The van der Waals surface area contributed by atoms with Crippen molar-refractivity contribution in [3.8, 4) is 5.75 Å². The molecule has 1 aliphatic rings. The van der Waals surface area contributed by atoms with E-state index in [0.29, 0.717) is 18.8 Å². The highest BCUT2D eigenvalue weighted by molar-refractivity contribution is 7.89. The summed E-state index contributed by atoms with van der Waals surface area (Å²) in [5, 5.41) is 10.3. The van der Waals surface area contributed by atoms with E-state index in [9.17, 15) is 26.4 Å². The molecule has 13 heteroatoms. The Kier molecular flexibility index (Phi) is 10.9. The Morgan fingerprint density at radius 3 is 2.22 bits per heavy atom. The van der Waals surface area contributed by atoms with Crippen molar-refractivity contribution >= 4 is 21.9 Å². The minimum absolute atomic E-state index is 0.0179. The zero-order valence-electron chi connectivity index (χ0n) is 20.5. The van der Waals surface area contributed by atoms with Crippen LogP contribution in [-0.2, 0) is 26.2 Å². The summed E-state index contributed by atoms with van der Waals surface area (Å²) in [6.07, 6.45) is -4.93. The number of benzene rings is 2. The lowest BCUT2D eigenvalue weighted by Crippen LogP contribution is -2.47. The minimum atomic E-state index is -5.08. The predicted octanol–water partition coefficient (Wildman–Crippen LogP) is 2.65. The standard InChI is InChI=1S/C22H29N3O4S.C2HF3O2/c1-18-4-3-5-19(16-18)17-25(13-10-22(26)24-14-11-23-12-15-24)30(27,28)21-8-6-20(29-2)7-9-21;3-2(4,5)1(6)7/h3-9,16,23H,10-15,17H2,1-2H3;(H,6,7). The number of nitrogens with zero attached hydrogens (tertiary/aromatic N) is 2. The number of carbonyl (C=O) groups is 2. The van der Waals surface area contributed by atoms with Crippen molar-refractivity contribution in [3.63, 3.8) is 0 Å². The Bertz CT molecular complexity index is 1150. The van der Waals surface area contributed by atoms with E-state index in [1.54, 1.807) is 17.0 Å². The largest absolute Gasteiger partial charge is 0.497 e. The average Bonchev–Trinajstić information content (AvgIpc) is 2.86. The smallest absolute Gasteiger partial charge is 0.490 e. The number of carbonyl (C=O) groups excluding carboxylic acids is 1. The highest BCUT2D eigenvalue weighted by atomic mass is 32.2. The molecule has 0 saturated carbocycles. The first-order chi connectivity index (χ1) is 17.3. The van der Waals surface area contributed by atoms with Gasteiger partial charge in [0.1, 0.15) is 5.75 Å². The van der Waals surface area contributed by atoms with Crippen LogP contribution in [-0.4, -0.2) is 80.6 Å². The van der Waals surface area contributed by atoms with Crippen LogP contribution in [0.25, 0.3) is 0 Å². The molecule has 0 atom stereocenters. The quantitative estimate of drug-likeness (QED) is 0.524. The molecule has 0 spiro atoms. The number of aryl methyl sites for hydroxylation is 1. The number of sulfonamides is 1. The lowest BCUT2D eigenvalue weighted by Gasteiger charge is -2.29. The maximum Gasteiger partial charge on any atom is 0.490 e. The van der Waals surface area contributed by atoms with E-state index in [2.05, 4.69) is 5.32 Å². The van der Waals surface area contributed by atoms with Gasteiger partial charge in [-0.25, -0.2) is 13.2 Å². The number of halogens is 3. The van der Waals surface area contributed by atoms with Gasteiger partial charge >= 0.3 is 12.1 Å². The molecule has 1 fully saturated rings. The normalized spacial score (nSPS) is 14.1. The van der Waals surface area contributed by atoms with Gasteiger partial charge in [0.15, 0.2) is 0 Å². The average molecular weight is 546 g/mol. The van der Waals surface area contributed by atoms with E-state index in [-0.39, 0.29) is 30.3 Å². The van der Waals surface area contributed by atoms with Crippen molar-refractivity contribution in [1.82, 2.24) is 14.5 Å². The number of amides is 1. The van der Waals surface area contributed by atoms with Gasteiger partial charge in [-0.05, 0) is 36.8 Å². The molecule has 3 rings (SSSR count). The van der Waals surface area contributed by atoms with Crippen LogP contribution < -0.4 is 10.1 Å². The first kappa shape index (κ1) is 30.1. The molecule has 37 heavy (non-hydrogen) atoms. The number of carboxylic acid groups (broad SMARTS) is 1. The van der Waals surface area contributed by atoms with Crippen LogP contribution >= 0.6 is 0 Å². The number of aliphatic carboxylic acids is 1. The second-order valence-electron chi connectivity index (χ2n) is 8.19. The molecule has 9 nitrogen and oxygen atoms in total. The molecular formula is C24H30F3N3O6S. The molecule has 204 valence electrons. The fourth-order valence-electron chi connectivity index (χ4n) is 3.49. The maximum absolute atomic E-state index is 13.4. The lowest BCUT2D eigenvalue weighted by molar-refractivity contribution is -0.192. The molecule has 0 aliphatic carbocycles. The van der Waals surface area contributed by atoms with Crippen LogP contribution in [0.1, 0.15) is 17.5 Å². The highest BCUT2D eigenvalue weighted by Gasteiger charge is 2.38. The molecule has 1 amide bonds. The monoisotopic (exact) mass is 545 g/mol. The van der Waals surface area contributed by atoms with Crippen LogP contribution in [0.5, 0.6) is 5.75 Å². The van der Waals surface area contributed by atoms with Gasteiger partial charge < -0.3 is 20.1 Å². The van der Waals surface area contributed by atoms with Crippen LogP contribution in [0.2, 0.25) is 0 Å². The number of methoxy groups -OCH3 is 1. The van der Waals surface area contributed by atoms with Crippen molar-refractivity contribution in [2.45, 2.75) is 31.0 Å². The van der Waals surface area contributed by atoms with E-state index in [0.717, 1.165) is 24.2 Å². The third kappa shape index (κ3) is 9.34. The number of carboxylic acids is 1. The number of alkyl halides is 3. The van der Waals surface area contributed by atoms with Crippen molar-refractivity contribution in [2.24, 2.45) is 0 Å². The zero-order valence-corrected chi connectivity index (χ0v) is 21.3. The van der Waals surface area contributed by atoms with Gasteiger partial charge in [0.25, 0.3) is 0 Å². The Morgan fingerprint density at radius 2 is 1.70 bits per heavy atom. The van der Waals surface area contributed by atoms with E-state index in [1.807, 2.05) is 31.2 Å². The summed E-state index contributed by atoms with van der Waals surface area (Å²) >= 11 is 0. The summed E-state index contributed by atoms with van der Waals surface area (Å²) in [7, 11) is -2.23. The molecule has 1 saturated heterocycles. The summed E-state index contributed by atoms with van der Waals surface area (Å²) in [6, 6.07) is 14.1. The number of rotatable bonds is 8. The van der Waals surface area contributed by atoms with Crippen molar-refractivity contribution in [3.05, 3.63) is 59.7 Å². The molecule has 2 N–H and O–H groups in total. The summed E-state index contributed by atoms with van der Waals surface area (Å²) in [6.45, 7) is 5.16. The predicted molar refractivity (Wildman–Crippen MR) is 130 cm³/mol. The van der Waals surface area contributed by atoms with Crippen molar-refractivity contribution < 1.29 is 41.0 Å². The Hall–Kier alpha value is -3.16. The van der Waals surface area contributed by atoms with Gasteiger partial charge in [-0.3, -0.25) is 4.79 Å². The molecule has 2 aromatic rings. The van der Waals surface area contributed by atoms with Gasteiger partial charge in [-0.1, -0.05) is 29.8 Å². The van der Waals surface area contributed by atoms with Crippen LogP contribution in [0.15, 0.2) is 53.4 Å². The van der Waals surface area contributed by atoms with E-state index >= 15 is 0 Å². The SMILES string of the molecule is COc1ccc(S(=O)(=O)N(CCC(=O)N2CCNCC2)Cc2cccc(C)c2)cc1.O=C(O)C(F)(F)F. The molecule has 0 unspecified atom stereocenters. The maximum atomic E-state index is 13.4. The molecule has 0 aromatic heterocycles. The molecular weight excluding hydrogens is 515 g/mol. The number of nitrogens with one attached hydrogen (secondary N) is 1. The molecule has 1 heterocycles. The summed E-state index contributed by atoms with van der Waals surface area (Å²) in [4.78, 5) is 23.5. The Morgan fingerprint density at radius 1 is 1.11 bits per heavy atom. The second-order valence-corrected chi connectivity index (χ2v) is 10.1. The first-order valence-corrected chi connectivity index (χ1v) is 12.8. The van der Waals surface area contributed by atoms with Gasteiger partial charge in [-0.2, -0.15) is 17.5 Å². The summed E-state index contributed by atoms with van der Waals surface area (Å²) < 4.78 is 65.0. The lowest BCUT2D eigenvalue weighted by atomic mass is 10.1. The minimum Gasteiger partial charge on any atom is -0.497 e. The van der Waals surface area contributed by atoms with E-state index in [1.165, 1.54) is 23.5 Å². The Balaban J connectivity index is 0.000000604. The summed E-state index contributed by atoms with van der Waals surface area (Å²) in [5.41, 5.74) is 1.95. The topological polar surface area (TPSA) is 116 Å². The van der Waals surface area contributed by atoms with Crippen LogP contribution in [0, 0.1) is 6.92 Å². The first-order valence-electron chi connectivity index (χ1n) is 11.3. The zero-order chi connectivity index (χ0) is 27.6. The molecule has 2 aromatic carbocycles. The van der Waals surface area contributed by atoms with Crippen molar-refractivity contribution in [1.29, 1.82) is 0 Å². The molecule has 0 radical (unpaired) electrons.